The third-order valence-electron chi connectivity index (χ3n) is 8.43. The maximum absolute atomic E-state index is 12.3. The van der Waals surface area contributed by atoms with Gasteiger partial charge in [0.15, 0.2) is 6.10 Å². The van der Waals surface area contributed by atoms with E-state index in [0.717, 1.165) is 57.8 Å². The minimum Gasteiger partial charge on any atom is -0.790 e. The van der Waals surface area contributed by atoms with Crippen LogP contribution < -0.4 is 9.79 Å². The fraction of sp³-hybridized carbons (Fsp3) is 0.846. The van der Waals surface area contributed by atoms with Gasteiger partial charge in [0.1, 0.15) is 6.61 Å². The first kappa shape index (κ1) is 46.5. The molecule has 0 fully saturated rings. The molecule has 0 saturated carbocycles. The third-order valence-corrected chi connectivity index (χ3v) is 8.90. The Labute approximate surface area is 294 Å². The van der Waals surface area contributed by atoms with E-state index in [2.05, 4.69) is 42.7 Å². The van der Waals surface area contributed by atoms with Crippen molar-refractivity contribution in [2.45, 2.75) is 200 Å². The first-order valence-corrected chi connectivity index (χ1v) is 21.1. The van der Waals surface area contributed by atoms with Crippen LogP contribution in [0.15, 0.2) is 24.3 Å². The SMILES string of the molecule is CCCCCC/C=C\CCCCCCCCCC(=O)O[C@H](COC(=O)CCCCCCC/C=C\CCCCCCCC)COP(=O)([O-])[O-]. The van der Waals surface area contributed by atoms with Gasteiger partial charge < -0.3 is 28.3 Å². The third kappa shape index (κ3) is 37.4. The van der Waals surface area contributed by atoms with Gasteiger partial charge >= 0.3 is 11.9 Å². The molecule has 282 valence electrons. The van der Waals surface area contributed by atoms with Crippen LogP contribution in [-0.4, -0.2) is 31.3 Å². The number of hydrogen-bond acceptors (Lipinski definition) is 8. The summed E-state index contributed by atoms with van der Waals surface area (Å²) in [6, 6.07) is 0. The minimum atomic E-state index is -5.25. The van der Waals surface area contributed by atoms with Crippen molar-refractivity contribution in [1.29, 1.82) is 0 Å². The predicted octanol–water partition coefficient (Wildman–Crippen LogP) is 10.4. The van der Waals surface area contributed by atoms with Gasteiger partial charge in [0.2, 0.25) is 0 Å². The van der Waals surface area contributed by atoms with E-state index >= 15 is 0 Å². The van der Waals surface area contributed by atoms with Gasteiger partial charge in [-0.3, -0.25) is 9.59 Å². The van der Waals surface area contributed by atoms with Crippen LogP contribution in [0.25, 0.3) is 0 Å². The Morgan fingerprint density at radius 3 is 1.29 bits per heavy atom. The van der Waals surface area contributed by atoms with Crippen molar-refractivity contribution in [2.24, 2.45) is 0 Å². The Kier molecular flexibility index (Phi) is 34.3. The molecular weight excluding hydrogens is 627 g/mol. The Morgan fingerprint density at radius 2 is 0.875 bits per heavy atom. The number of allylic oxidation sites excluding steroid dienone is 4. The van der Waals surface area contributed by atoms with Crippen molar-refractivity contribution in [3.05, 3.63) is 24.3 Å². The number of esters is 2. The summed E-state index contributed by atoms with van der Waals surface area (Å²) in [4.78, 5) is 46.4. The molecule has 0 aliphatic rings. The van der Waals surface area contributed by atoms with Crippen LogP contribution in [0.1, 0.15) is 194 Å². The summed E-state index contributed by atoms with van der Waals surface area (Å²) in [7, 11) is -5.25. The largest absolute Gasteiger partial charge is 0.790 e. The lowest BCUT2D eigenvalue weighted by molar-refractivity contribution is -0.343. The number of carbonyl (C=O) groups excluding carboxylic acids is 2. The smallest absolute Gasteiger partial charge is 0.306 e. The molecule has 0 unspecified atom stereocenters. The molecule has 0 heterocycles. The number of unbranched alkanes of at least 4 members (excludes halogenated alkanes) is 22. The highest BCUT2D eigenvalue weighted by Gasteiger charge is 2.18. The second-order valence-electron chi connectivity index (χ2n) is 13.2. The van der Waals surface area contributed by atoms with Crippen molar-refractivity contribution < 1.29 is 37.9 Å². The zero-order valence-corrected chi connectivity index (χ0v) is 31.7. The summed E-state index contributed by atoms with van der Waals surface area (Å²) in [5.41, 5.74) is 0. The number of phosphoric acid groups is 1. The Morgan fingerprint density at radius 1 is 0.521 bits per heavy atom. The molecule has 0 aromatic heterocycles. The summed E-state index contributed by atoms with van der Waals surface area (Å²) >= 11 is 0. The topological polar surface area (TPSA) is 125 Å². The molecule has 0 radical (unpaired) electrons. The molecule has 0 spiro atoms. The summed E-state index contributed by atoms with van der Waals surface area (Å²) in [6.07, 6.45) is 38.5. The normalized spacial score (nSPS) is 12.7. The van der Waals surface area contributed by atoms with Crippen molar-refractivity contribution in [2.75, 3.05) is 13.2 Å². The Hall–Kier alpha value is -1.47. The van der Waals surface area contributed by atoms with Crippen LogP contribution in [0.5, 0.6) is 0 Å². The number of carbonyl (C=O) groups is 2. The van der Waals surface area contributed by atoms with Crippen molar-refractivity contribution in [3.8, 4) is 0 Å². The number of ether oxygens (including phenoxy) is 2. The van der Waals surface area contributed by atoms with Crippen molar-refractivity contribution in [3.63, 3.8) is 0 Å². The first-order chi connectivity index (χ1) is 23.3. The van der Waals surface area contributed by atoms with Crippen LogP contribution in [-0.2, 0) is 28.2 Å². The molecule has 0 rings (SSSR count). The van der Waals surface area contributed by atoms with Gasteiger partial charge in [-0.25, -0.2) is 0 Å². The number of rotatable bonds is 36. The monoisotopic (exact) mass is 698 g/mol. The molecule has 0 aliphatic heterocycles. The quantitative estimate of drug-likeness (QED) is 0.0274. The molecule has 0 bridgehead atoms. The second-order valence-corrected chi connectivity index (χ2v) is 14.4. The predicted molar refractivity (Wildman–Crippen MR) is 193 cm³/mol. The molecule has 0 aliphatic carbocycles. The van der Waals surface area contributed by atoms with Crippen molar-refractivity contribution >= 4 is 19.8 Å². The second kappa shape index (κ2) is 35.4. The molecule has 0 amide bonds. The van der Waals surface area contributed by atoms with E-state index in [0.29, 0.717) is 12.8 Å². The van der Waals surface area contributed by atoms with Crippen LogP contribution in [0.2, 0.25) is 0 Å². The standard InChI is InChI=1S/C39H73O8P/c1-3-5-7-9-11-13-15-17-19-21-23-25-27-29-31-33-38(40)45-35-37(36-46-48(42,43)44)47-39(41)34-32-30-28-26-24-22-20-18-16-14-12-10-8-6-4-2/h14,16-17,19,37H,3-13,15,18,20-36H2,1-2H3,(H2,42,43,44)/p-2/b16-14-,19-17-/t37-/m1/s1. The highest BCUT2D eigenvalue weighted by atomic mass is 31.2. The van der Waals surface area contributed by atoms with Crippen LogP contribution in [0, 0.1) is 0 Å². The molecule has 0 saturated heterocycles. The van der Waals surface area contributed by atoms with Crippen LogP contribution >= 0.6 is 7.82 Å². The van der Waals surface area contributed by atoms with Gasteiger partial charge in [0.25, 0.3) is 0 Å². The fourth-order valence-electron chi connectivity index (χ4n) is 5.47. The van der Waals surface area contributed by atoms with Gasteiger partial charge in [-0.15, -0.1) is 0 Å². The van der Waals surface area contributed by atoms with Gasteiger partial charge in [0.05, 0.1) is 14.4 Å². The maximum atomic E-state index is 12.3. The van der Waals surface area contributed by atoms with Gasteiger partial charge in [-0.1, -0.05) is 141 Å². The van der Waals surface area contributed by atoms with Crippen molar-refractivity contribution in [1.82, 2.24) is 0 Å². The first-order valence-electron chi connectivity index (χ1n) is 19.6. The summed E-state index contributed by atoms with van der Waals surface area (Å²) in [5, 5.41) is 0. The molecule has 0 N–H and O–H groups in total. The van der Waals surface area contributed by atoms with E-state index in [1.165, 1.54) is 96.3 Å². The molecule has 0 aromatic rings. The van der Waals surface area contributed by atoms with Gasteiger partial charge in [-0.2, -0.15) is 0 Å². The Bertz CT molecular complexity index is 838. The van der Waals surface area contributed by atoms with E-state index in [4.69, 9.17) is 9.47 Å². The highest BCUT2D eigenvalue weighted by Crippen LogP contribution is 2.25. The molecular formula is C39H71O8P-2. The van der Waals surface area contributed by atoms with Gasteiger partial charge in [-0.05, 0) is 64.2 Å². The molecule has 1 atom stereocenters. The maximum Gasteiger partial charge on any atom is 0.306 e. The molecule has 9 heteroatoms. The summed E-state index contributed by atoms with van der Waals surface area (Å²) in [5.74, 6) is -0.968. The molecule has 48 heavy (non-hydrogen) atoms. The number of hydrogen-bond donors (Lipinski definition) is 0. The van der Waals surface area contributed by atoms with E-state index in [-0.39, 0.29) is 19.4 Å². The molecule has 8 nitrogen and oxygen atoms in total. The van der Waals surface area contributed by atoms with Gasteiger partial charge in [0, 0.05) is 12.8 Å². The van der Waals surface area contributed by atoms with Crippen LogP contribution in [0.3, 0.4) is 0 Å². The van der Waals surface area contributed by atoms with E-state index in [1.807, 2.05) is 0 Å². The fourth-order valence-corrected chi connectivity index (χ4v) is 5.82. The van der Waals surface area contributed by atoms with E-state index in [1.54, 1.807) is 0 Å². The molecule has 0 aromatic carbocycles. The Balaban J connectivity index is 3.96. The van der Waals surface area contributed by atoms with E-state index < -0.39 is 32.5 Å². The summed E-state index contributed by atoms with van der Waals surface area (Å²) in [6.45, 7) is 3.47. The zero-order valence-electron chi connectivity index (χ0n) is 30.8. The lowest BCUT2D eigenvalue weighted by Gasteiger charge is -2.30. The lowest BCUT2D eigenvalue weighted by Crippen LogP contribution is -2.31. The average molecular weight is 699 g/mol. The lowest BCUT2D eigenvalue weighted by atomic mass is 10.1. The zero-order chi connectivity index (χ0) is 35.4. The number of phosphoric ester groups is 1. The minimum absolute atomic E-state index is 0.175. The van der Waals surface area contributed by atoms with E-state index in [9.17, 15) is 23.9 Å². The summed E-state index contributed by atoms with van der Waals surface area (Å²) < 4.78 is 25.8. The average Bonchev–Trinajstić information content (AvgIpc) is 3.05. The van der Waals surface area contributed by atoms with Crippen LogP contribution in [0.4, 0.5) is 0 Å². The highest BCUT2D eigenvalue weighted by molar-refractivity contribution is 7.43.